The van der Waals surface area contributed by atoms with Crippen LogP contribution in [0.15, 0.2) is 0 Å². The molecule has 0 aromatic heterocycles. The summed E-state index contributed by atoms with van der Waals surface area (Å²) in [6, 6.07) is 0.317. The van der Waals surface area contributed by atoms with Gasteiger partial charge in [0, 0.05) is 6.04 Å². The second-order valence-electron chi connectivity index (χ2n) is 8.13. The Balaban J connectivity index is 1.93. The van der Waals surface area contributed by atoms with Crippen LogP contribution in [0.4, 0.5) is 0 Å². The van der Waals surface area contributed by atoms with Gasteiger partial charge in [-0.1, -0.05) is 20.8 Å². The van der Waals surface area contributed by atoms with Gasteiger partial charge >= 0.3 is 0 Å². The Labute approximate surface area is 117 Å². The summed E-state index contributed by atoms with van der Waals surface area (Å²) in [6.07, 6.45) is 3.68. The number of nitrogens with one attached hydrogen (secondary N) is 1. The fraction of sp³-hybridized carbons (Fsp3) is 0.938. The monoisotopic (exact) mass is 267 g/mol. The van der Waals surface area contributed by atoms with Crippen LogP contribution in [0.1, 0.15) is 60.8 Å². The Morgan fingerprint density at radius 3 is 2.37 bits per heavy atom. The minimum atomic E-state index is -0.255. The van der Waals surface area contributed by atoms with E-state index in [0.717, 1.165) is 12.3 Å². The SMILES string of the molecule is CC(C)(C)OCC(=O)NC1CC2CCC1(C)C2(C)C. The Kier molecular flexibility index (Phi) is 3.49. The second kappa shape index (κ2) is 4.47. The van der Waals surface area contributed by atoms with Crippen LogP contribution in [0.25, 0.3) is 0 Å². The topological polar surface area (TPSA) is 38.3 Å². The fourth-order valence-corrected chi connectivity index (χ4v) is 3.94. The van der Waals surface area contributed by atoms with Crippen molar-refractivity contribution in [3.63, 3.8) is 0 Å². The molecule has 0 saturated heterocycles. The molecule has 0 heterocycles. The van der Waals surface area contributed by atoms with Crippen molar-refractivity contribution in [1.82, 2.24) is 5.32 Å². The molecule has 1 N–H and O–H groups in total. The summed E-state index contributed by atoms with van der Waals surface area (Å²) < 4.78 is 5.55. The Hall–Kier alpha value is -0.570. The maximum absolute atomic E-state index is 12.0. The van der Waals surface area contributed by atoms with E-state index in [0.29, 0.717) is 11.5 Å². The summed E-state index contributed by atoms with van der Waals surface area (Å²) in [5.74, 6) is 0.788. The van der Waals surface area contributed by atoms with Crippen LogP contribution in [0, 0.1) is 16.7 Å². The lowest BCUT2D eigenvalue weighted by Crippen LogP contribution is -2.48. The third-order valence-electron chi connectivity index (χ3n) is 5.77. The number of rotatable bonds is 3. The van der Waals surface area contributed by atoms with Crippen molar-refractivity contribution in [1.29, 1.82) is 0 Å². The largest absolute Gasteiger partial charge is 0.366 e. The molecule has 19 heavy (non-hydrogen) atoms. The molecular weight excluding hydrogens is 238 g/mol. The van der Waals surface area contributed by atoms with Crippen LogP contribution in [-0.2, 0) is 9.53 Å². The highest BCUT2D eigenvalue weighted by atomic mass is 16.5. The van der Waals surface area contributed by atoms with Gasteiger partial charge in [-0.25, -0.2) is 0 Å². The molecule has 3 nitrogen and oxygen atoms in total. The second-order valence-corrected chi connectivity index (χ2v) is 8.13. The zero-order chi connectivity index (χ0) is 14.5. The fourth-order valence-electron chi connectivity index (χ4n) is 3.94. The highest BCUT2D eigenvalue weighted by Crippen LogP contribution is 2.65. The van der Waals surface area contributed by atoms with Gasteiger partial charge in [-0.2, -0.15) is 0 Å². The minimum absolute atomic E-state index is 0.0319. The predicted molar refractivity (Wildman–Crippen MR) is 76.9 cm³/mol. The number of hydrogen-bond donors (Lipinski definition) is 1. The third kappa shape index (κ3) is 2.54. The molecule has 2 bridgehead atoms. The zero-order valence-corrected chi connectivity index (χ0v) is 13.3. The average Bonchev–Trinajstić information content (AvgIpc) is 2.58. The Morgan fingerprint density at radius 1 is 1.32 bits per heavy atom. The molecule has 2 fully saturated rings. The molecule has 0 radical (unpaired) electrons. The highest BCUT2D eigenvalue weighted by molar-refractivity contribution is 5.77. The summed E-state index contributed by atoms with van der Waals surface area (Å²) in [6.45, 7) is 13.2. The molecule has 2 aliphatic rings. The van der Waals surface area contributed by atoms with Crippen molar-refractivity contribution in [3.05, 3.63) is 0 Å². The van der Waals surface area contributed by atoms with Crippen LogP contribution < -0.4 is 5.32 Å². The first-order valence-corrected chi connectivity index (χ1v) is 7.49. The van der Waals surface area contributed by atoms with E-state index < -0.39 is 0 Å². The molecule has 2 rings (SSSR count). The number of amides is 1. The lowest BCUT2D eigenvalue weighted by atomic mass is 9.69. The molecular formula is C16H29NO2. The van der Waals surface area contributed by atoms with Gasteiger partial charge in [-0.3, -0.25) is 4.79 Å². The van der Waals surface area contributed by atoms with Gasteiger partial charge in [0.2, 0.25) is 5.91 Å². The highest BCUT2D eigenvalue weighted by Gasteiger charge is 2.61. The van der Waals surface area contributed by atoms with E-state index in [1.54, 1.807) is 0 Å². The van der Waals surface area contributed by atoms with Crippen molar-refractivity contribution in [3.8, 4) is 0 Å². The van der Waals surface area contributed by atoms with E-state index in [9.17, 15) is 4.79 Å². The summed E-state index contributed by atoms with van der Waals surface area (Å²) in [5.41, 5.74) is 0.333. The Bertz CT molecular complexity index is 369. The molecule has 3 unspecified atom stereocenters. The van der Waals surface area contributed by atoms with Crippen LogP contribution >= 0.6 is 0 Å². The summed E-state index contributed by atoms with van der Waals surface area (Å²) in [4.78, 5) is 12.0. The van der Waals surface area contributed by atoms with E-state index >= 15 is 0 Å². The lowest BCUT2D eigenvalue weighted by molar-refractivity contribution is -0.132. The van der Waals surface area contributed by atoms with Gasteiger partial charge in [0.25, 0.3) is 0 Å². The van der Waals surface area contributed by atoms with Crippen molar-refractivity contribution in [2.24, 2.45) is 16.7 Å². The summed E-state index contributed by atoms with van der Waals surface area (Å²) in [7, 11) is 0. The first-order chi connectivity index (χ1) is 8.56. The van der Waals surface area contributed by atoms with Crippen molar-refractivity contribution in [2.45, 2.75) is 72.4 Å². The maximum Gasteiger partial charge on any atom is 0.246 e. The first-order valence-electron chi connectivity index (χ1n) is 7.49. The molecule has 0 aromatic rings. The number of carbonyl (C=O) groups excluding carboxylic acids is 1. The molecule has 0 aliphatic heterocycles. The van der Waals surface area contributed by atoms with Gasteiger partial charge in [-0.15, -0.1) is 0 Å². The normalized spacial score (nSPS) is 36.5. The van der Waals surface area contributed by atoms with Gasteiger partial charge < -0.3 is 10.1 Å². The van der Waals surface area contributed by atoms with E-state index in [1.807, 2.05) is 20.8 Å². The van der Waals surface area contributed by atoms with Gasteiger partial charge in [0.05, 0.1) is 5.60 Å². The lowest BCUT2D eigenvalue weighted by Gasteiger charge is -2.39. The first kappa shape index (κ1) is 14.8. The van der Waals surface area contributed by atoms with E-state index in [1.165, 1.54) is 12.8 Å². The average molecular weight is 267 g/mol. The van der Waals surface area contributed by atoms with Crippen LogP contribution in [0.5, 0.6) is 0 Å². The molecule has 1 amide bonds. The van der Waals surface area contributed by atoms with Gasteiger partial charge in [0.15, 0.2) is 0 Å². The molecule has 2 aliphatic carbocycles. The van der Waals surface area contributed by atoms with Gasteiger partial charge in [0.1, 0.15) is 6.61 Å². The predicted octanol–water partition coefficient (Wildman–Crippen LogP) is 3.13. The molecule has 2 saturated carbocycles. The van der Waals surface area contributed by atoms with Crippen molar-refractivity contribution < 1.29 is 9.53 Å². The van der Waals surface area contributed by atoms with Crippen molar-refractivity contribution in [2.75, 3.05) is 6.61 Å². The van der Waals surface area contributed by atoms with Crippen LogP contribution in [-0.4, -0.2) is 24.2 Å². The standard InChI is InChI=1S/C16H29NO2/c1-14(2,3)19-10-13(18)17-12-9-11-7-8-16(12,6)15(11,4)5/h11-12H,7-10H2,1-6H3,(H,17,18). The zero-order valence-electron chi connectivity index (χ0n) is 13.3. The van der Waals surface area contributed by atoms with Crippen LogP contribution in [0.2, 0.25) is 0 Å². The minimum Gasteiger partial charge on any atom is -0.366 e. The molecule has 0 aromatic carbocycles. The smallest absolute Gasteiger partial charge is 0.246 e. The summed E-state index contributed by atoms with van der Waals surface area (Å²) >= 11 is 0. The van der Waals surface area contributed by atoms with E-state index in [2.05, 4.69) is 26.1 Å². The number of carbonyl (C=O) groups is 1. The molecule has 3 heteroatoms. The van der Waals surface area contributed by atoms with E-state index in [-0.39, 0.29) is 23.5 Å². The van der Waals surface area contributed by atoms with Gasteiger partial charge in [-0.05, 0) is 56.8 Å². The number of ether oxygens (including phenoxy) is 1. The molecule has 0 spiro atoms. The maximum atomic E-state index is 12.0. The van der Waals surface area contributed by atoms with Crippen molar-refractivity contribution >= 4 is 5.91 Å². The Morgan fingerprint density at radius 2 is 1.95 bits per heavy atom. The molecule has 110 valence electrons. The quantitative estimate of drug-likeness (QED) is 0.853. The summed E-state index contributed by atoms with van der Waals surface area (Å²) in [5, 5.41) is 3.22. The third-order valence-corrected chi connectivity index (χ3v) is 5.77. The molecule has 3 atom stereocenters. The van der Waals surface area contributed by atoms with E-state index in [4.69, 9.17) is 4.74 Å². The van der Waals surface area contributed by atoms with Crippen LogP contribution in [0.3, 0.4) is 0 Å². The number of hydrogen-bond acceptors (Lipinski definition) is 2. The number of fused-ring (bicyclic) bond motifs is 2.